The maximum atomic E-state index is 9.68. The number of nitrogens with zero attached hydrogens (tertiary/aromatic N) is 3. The number of thioether (sulfide) groups is 1. The summed E-state index contributed by atoms with van der Waals surface area (Å²) < 4.78 is 5.17. The van der Waals surface area contributed by atoms with Crippen molar-refractivity contribution in [2.75, 3.05) is 6.26 Å². The summed E-state index contributed by atoms with van der Waals surface area (Å²) in [7, 11) is 0. The first-order valence-electron chi connectivity index (χ1n) is 5.87. The summed E-state index contributed by atoms with van der Waals surface area (Å²) in [5.74, 6) is 0.645. The lowest BCUT2D eigenvalue weighted by Crippen LogP contribution is -1.86. The van der Waals surface area contributed by atoms with E-state index in [1.807, 2.05) is 18.4 Å². The molecule has 3 aromatic rings. The lowest BCUT2D eigenvalue weighted by molar-refractivity contribution is 0.475. The van der Waals surface area contributed by atoms with E-state index in [4.69, 9.17) is 4.42 Å². The van der Waals surface area contributed by atoms with E-state index in [-0.39, 0.29) is 5.75 Å². The molecule has 1 N–H and O–H groups in total. The van der Waals surface area contributed by atoms with Gasteiger partial charge in [0.25, 0.3) is 0 Å². The monoisotopic (exact) mass is 285 g/mol. The number of rotatable bonds is 3. The number of benzene rings is 1. The molecular formula is C14H11N3O2S. The highest BCUT2D eigenvalue weighted by Crippen LogP contribution is 2.34. The molecule has 0 aliphatic heterocycles. The molecule has 0 amide bonds. The van der Waals surface area contributed by atoms with E-state index in [0.717, 1.165) is 21.6 Å². The third kappa shape index (κ3) is 2.37. The van der Waals surface area contributed by atoms with Crippen LogP contribution in [0.3, 0.4) is 0 Å². The van der Waals surface area contributed by atoms with E-state index in [2.05, 4.69) is 15.2 Å². The molecule has 0 atom stereocenters. The summed E-state index contributed by atoms with van der Waals surface area (Å²) in [5, 5.41) is 17.2. The Morgan fingerprint density at radius 2 is 2.00 bits per heavy atom. The Morgan fingerprint density at radius 1 is 1.15 bits per heavy atom. The Hall–Kier alpha value is -2.34. The summed E-state index contributed by atoms with van der Waals surface area (Å²) in [4.78, 5) is 5.27. The van der Waals surface area contributed by atoms with Crippen LogP contribution in [0, 0.1) is 0 Å². The van der Waals surface area contributed by atoms with Gasteiger partial charge < -0.3 is 9.52 Å². The number of aromatic hydroxyl groups is 1. The van der Waals surface area contributed by atoms with E-state index >= 15 is 0 Å². The summed E-state index contributed by atoms with van der Waals surface area (Å²) in [6.07, 6.45) is 6.68. The first-order valence-corrected chi connectivity index (χ1v) is 7.09. The molecule has 0 unspecified atom stereocenters. The van der Waals surface area contributed by atoms with E-state index in [1.54, 1.807) is 36.3 Å². The van der Waals surface area contributed by atoms with Crippen LogP contribution in [-0.2, 0) is 0 Å². The predicted molar refractivity (Wildman–Crippen MR) is 76.4 cm³/mol. The van der Waals surface area contributed by atoms with Gasteiger partial charge >= 0.3 is 0 Å². The SMILES string of the molecule is CSc1ccc(O)cc1-c1cncc(-c2nnco2)c1. The fourth-order valence-electron chi connectivity index (χ4n) is 1.92. The first kappa shape index (κ1) is 12.7. The van der Waals surface area contributed by atoms with E-state index in [0.29, 0.717) is 5.89 Å². The molecule has 6 heteroatoms. The molecule has 0 bridgehead atoms. The third-order valence-corrected chi connectivity index (χ3v) is 3.64. The maximum absolute atomic E-state index is 9.68. The summed E-state index contributed by atoms with van der Waals surface area (Å²) >= 11 is 1.61. The minimum Gasteiger partial charge on any atom is -0.508 e. The number of phenolic OH excluding ortho intramolecular Hbond substituents is 1. The highest BCUT2D eigenvalue weighted by molar-refractivity contribution is 7.98. The van der Waals surface area contributed by atoms with E-state index in [1.165, 1.54) is 6.39 Å². The molecular weight excluding hydrogens is 274 g/mol. The lowest BCUT2D eigenvalue weighted by atomic mass is 10.1. The van der Waals surface area contributed by atoms with Crippen molar-refractivity contribution in [3.8, 4) is 28.3 Å². The van der Waals surface area contributed by atoms with Gasteiger partial charge in [-0.1, -0.05) is 0 Å². The van der Waals surface area contributed by atoms with Gasteiger partial charge in [-0.2, -0.15) is 0 Å². The molecule has 0 fully saturated rings. The number of pyridine rings is 1. The number of phenols is 1. The van der Waals surface area contributed by atoms with Crippen molar-refractivity contribution in [3.63, 3.8) is 0 Å². The molecule has 0 saturated heterocycles. The molecule has 0 saturated carbocycles. The smallest absolute Gasteiger partial charge is 0.249 e. The van der Waals surface area contributed by atoms with Crippen molar-refractivity contribution in [1.29, 1.82) is 0 Å². The average molecular weight is 285 g/mol. The van der Waals surface area contributed by atoms with Crippen LogP contribution < -0.4 is 0 Å². The van der Waals surface area contributed by atoms with Crippen LogP contribution >= 0.6 is 11.8 Å². The Morgan fingerprint density at radius 3 is 2.75 bits per heavy atom. The minimum atomic E-state index is 0.223. The highest BCUT2D eigenvalue weighted by atomic mass is 32.2. The van der Waals surface area contributed by atoms with Crippen LogP contribution in [0.25, 0.3) is 22.6 Å². The predicted octanol–water partition coefficient (Wildman–Crippen LogP) is 3.23. The standard InChI is InChI=1S/C14H11N3O2S/c1-20-13-3-2-11(18)5-12(13)9-4-10(7-15-6-9)14-17-16-8-19-14/h2-8,18H,1H3. The van der Waals surface area contributed by atoms with Crippen molar-refractivity contribution in [2.24, 2.45) is 0 Å². The summed E-state index contributed by atoms with van der Waals surface area (Å²) in [6.45, 7) is 0. The van der Waals surface area contributed by atoms with Crippen LogP contribution in [0.5, 0.6) is 5.75 Å². The maximum Gasteiger partial charge on any atom is 0.249 e. The molecule has 2 aromatic heterocycles. The van der Waals surface area contributed by atoms with Crippen LogP contribution in [0.1, 0.15) is 0 Å². The third-order valence-electron chi connectivity index (χ3n) is 2.84. The van der Waals surface area contributed by atoms with Crippen LogP contribution in [-0.4, -0.2) is 26.5 Å². The highest BCUT2D eigenvalue weighted by Gasteiger charge is 2.10. The molecule has 0 aliphatic rings. The zero-order valence-corrected chi connectivity index (χ0v) is 11.5. The van der Waals surface area contributed by atoms with Crippen LogP contribution in [0.4, 0.5) is 0 Å². The molecule has 2 heterocycles. The van der Waals surface area contributed by atoms with Gasteiger partial charge in [-0.25, -0.2) is 0 Å². The molecule has 0 spiro atoms. The van der Waals surface area contributed by atoms with Gasteiger partial charge in [0.05, 0.1) is 5.56 Å². The van der Waals surface area contributed by atoms with Crippen molar-refractivity contribution >= 4 is 11.8 Å². The molecule has 5 nitrogen and oxygen atoms in total. The molecule has 0 radical (unpaired) electrons. The topological polar surface area (TPSA) is 72.0 Å². The Bertz CT molecular complexity index is 729. The van der Waals surface area contributed by atoms with Gasteiger partial charge in [-0.15, -0.1) is 22.0 Å². The summed E-state index contributed by atoms with van der Waals surface area (Å²) in [5.41, 5.74) is 2.56. The first-order chi connectivity index (χ1) is 9.78. The lowest BCUT2D eigenvalue weighted by Gasteiger charge is -2.08. The second kappa shape index (κ2) is 5.34. The quantitative estimate of drug-likeness (QED) is 0.745. The van der Waals surface area contributed by atoms with Gasteiger partial charge in [0.2, 0.25) is 12.3 Å². The molecule has 20 heavy (non-hydrogen) atoms. The van der Waals surface area contributed by atoms with Crippen molar-refractivity contribution in [1.82, 2.24) is 15.2 Å². The van der Waals surface area contributed by atoms with Gasteiger partial charge in [-0.3, -0.25) is 4.98 Å². The van der Waals surface area contributed by atoms with Gasteiger partial charge in [0.15, 0.2) is 0 Å². The molecule has 3 rings (SSSR count). The molecule has 100 valence electrons. The Labute approximate surface area is 119 Å². The Balaban J connectivity index is 2.11. The van der Waals surface area contributed by atoms with Crippen molar-refractivity contribution < 1.29 is 9.52 Å². The normalized spacial score (nSPS) is 10.7. The second-order valence-corrected chi connectivity index (χ2v) is 4.94. The van der Waals surface area contributed by atoms with Crippen molar-refractivity contribution in [2.45, 2.75) is 4.90 Å². The number of aromatic nitrogens is 3. The average Bonchev–Trinajstić information content (AvgIpc) is 3.01. The fourth-order valence-corrected chi connectivity index (χ4v) is 2.53. The van der Waals surface area contributed by atoms with Crippen LogP contribution in [0.15, 0.2) is 52.4 Å². The zero-order chi connectivity index (χ0) is 13.9. The zero-order valence-electron chi connectivity index (χ0n) is 10.6. The molecule has 1 aromatic carbocycles. The Kier molecular flexibility index (Phi) is 3.39. The van der Waals surface area contributed by atoms with Crippen molar-refractivity contribution in [3.05, 3.63) is 43.1 Å². The minimum absolute atomic E-state index is 0.223. The van der Waals surface area contributed by atoms with Gasteiger partial charge in [0, 0.05) is 28.4 Å². The fraction of sp³-hybridized carbons (Fsp3) is 0.0714. The number of hydrogen-bond donors (Lipinski definition) is 1. The van der Waals surface area contributed by atoms with Gasteiger partial charge in [0.1, 0.15) is 5.75 Å². The van der Waals surface area contributed by atoms with E-state index in [9.17, 15) is 5.11 Å². The number of hydrogen-bond acceptors (Lipinski definition) is 6. The second-order valence-electron chi connectivity index (χ2n) is 4.09. The summed E-state index contributed by atoms with van der Waals surface area (Å²) in [6, 6.07) is 7.19. The van der Waals surface area contributed by atoms with Gasteiger partial charge in [-0.05, 0) is 30.5 Å². The van der Waals surface area contributed by atoms with E-state index < -0.39 is 0 Å². The molecule has 0 aliphatic carbocycles. The largest absolute Gasteiger partial charge is 0.508 e. The van der Waals surface area contributed by atoms with Crippen LogP contribution in [0.2, 0.25) is 0 Å².